The summed E-state index contributed by atoms with van der Waals surface area (Å²) in [5, 5.41) is 4.43. The Morgan fingerprint density at radius 1 is 1.41 bits per heavy atom. The van der Waals surface area contributed by atoms with E-state index in [1.807, 2.05) is 17.9 Å². The standard InChI is InChI=1S/C12H19N5/c1-3-17-12(6-10(2)15-17)8-16-7-11(4-5-13)14-9-16/h6-7,9H,3-5,8,13H2,1-2H3. The number of hydrogen-bond acceptors (Lipinski definition) is 3. The van der Waals surface area contributed by atoms with Crippen LogP contribution in [0.4, 0.5) is 0 Å². The summed E-state index contributed by atoms with van der Waals surface area (Å²) in [5.41, 5.74) is 8.83. The lowest BCUT2D eigenvalue weighted by atomic mass is 10.3. The number of imidazole rings is 1. The fourth-order valence-corrected chi connectivity index (χ4v) is 1.96. The number of aromatic nitrogens is 4. The first kappa shape index (κ1) is 11.9. The molecule has 0 saturated carbocycles. The predicted molar refractivity (Wildman–Crippen MR) is 66.7 cm³/mol. The first-order chi connectivity index (χ1) is 8.22. The highest BCUT2D eigenvalue weighted by Crippen LogP contribution is 2.07. The average Bonchev–Trinajstić information content (AvgIpc) is 2.87. The lowest BCUT2D eigenvalue weighted by molar-refractivity contribution is 0.597. The molecule has 0 fully saturated rings. The first-order valence-electron chi connectivity index (χ1n) is 5.97. The number of nitrogens with two attached hydrogens (primary N) is 1. The molecule has 0 aliphatic rings. The molecular formula is C12H19N5. The van der Waals surface area contributed by atoms with Crippen molar-refractivity contribution in [2.24, 2.45) is 5.73 Å². The van der Waals surface area contributed by atoms with E-state index in [0.717, 1.165) is 30.9 Å². The molecule has 0 aliphatic heterocycles. The van der Waals surface area contributed by atoms with Gasteiger partial charge in [-0.15, -0.1) is 0 Å². The molecule has 0 atom stereocenters. The highest BCUT2D eigenvalue weighted by atomic mass is 15.3. The van der Waals surface area contributed by atoms with Gasteiger partial charge in [-0.05, 0) is 26.5 Å². The molecule has 0 saturated heterocycles. The van der Waals surface area contributed by atoms with E-state index in [2.05, 4.69) is 33.8 Å². The van der Waals surface area contributed by atoms with Gasteiger partial charge in [-0.1, -0.05) is 0 Å². The maximum Gasteiger partial charge on any atom is 0.0953 e. The molecule has 92 valence electrons. The highest BCUT2D eigenvalue weighted by molar-refractivity contribution is 5.10. The number of aryl methyl sites for hydroxylation is 2. The third-order valence-corrected chi connectivity index (χ3v) is 2.72. The highest BCUT2D eigenvalue weighted by Gasteiger charge is 2.05. The van der Waals surface area contributed by atoms with Crippen molar-refractivity contribution in [1.29, 1.82) is 0 Å². The average molecular weight is 233 g/mol. The van der Waals surface area contributed by atoms with E-state index >= 15 is 0 Å². The topological polar surface area (TPSA) is 61.7 Å². The summed E-state index contributed by atoms with van der Waals surface area (Å²) in [4.78, 5) is 4.32. The van der Waals surface area contributed by atoms with Crippen LogP contribution in [0.5, 0.6) is 0 Å². The van der Waals surface area contributed by atoms with Gasteiger partial charge in [-0.2, -0.15) is 5.10 Å². The zero-order valence-electron chi connectivity index (χ0n) is 10.4. The first-order valence-corrected chi connectivity index (χ1v) is 5.97. The smallest absolute Gasteiger partial charge is 0.0953 e. The molecule has 2 rings (SSSR count). The largest absolute Gasteiger partial charge is 0.331 e. The molecule has 0 radical (unpaired) electrons. The van der Waals surface area contributed by atoms with Crippen molar-refractivity contribution in [3.63, 3.8) is 0 Å². The predicted octanol–water partition coefficient (Wildman–Crippen LogP) is 0.957. The van der Waals surface area contributed by atoms with E-state index in [1.54, 1.807) is 0 Å². The molecule has 0 aromatic carbocycles. The minimum absolute atomic E-state index is 0.642. The minimum Gasteiger partial charge on any atom is -0.331 e. The fraction of sp³-hybridized carbons (Fsp3) is 0.500. The number of hydrogen-bond donors (Lipinski definition) is 1. The second kappa shape index (κ2) is 5.14. The molecule has 2 aromatic rings. The van der Waals surface area contributed by atoms with Crippen molar-refractivity contribution in [1.82, 2.24) is 19.3 Å². The fourth-order valence-electron chi connectivity index (χ4n) is 1.96. The van der Waals surface area contributed by atoms with Gasteiger partial charge in [0.2, 0.25) is 0 Å². The summed E-state index contributed by atoms with van der Waals surface area (Å²) >= 11 is 0. The van der Waals surface area contributed by atoms with Gasteiger partial charge in [0.1, 0.15) is 0 Å². The molecule has 2 heterocycles. The SMILES string of the molecule is CCn1nc(C)cc1Cn1cnc(CCN)c1. The minimum atomic E-state index is 0.642. The van der Waals surface area contributed by atoms with Crippen LogP contribution in [0.15, 0.2) is 18.6 Å². The van der Waals surface area contributed by atoms with E-state index < -0.39 is 0 Å². The van der Waals surface area contributed by atoms with Crippen molar-refractivity contribution >= 4 is 0 Å². The van der Waals surface area contributed by atoms with Gasteiger partial charge in [-0.3, -0.25) is 4.68 Å². The van der Waals surface area contributed by atoms with Gasteiger partial charge >= 0.3 is 0 Å². The van der Waals surface area contributed by atoms with Crippen molar-refractivity contribution < 1.29 is 0 Å². The van der Waals surface area contributed by atoms with Crippen LogP contribution in [-0.2, 0) is 19.5 Å². The Kier molecular flexibility index (Phi) is 3.58. The van der Waals surface area contributed by atoms with Crippen molar-refractivity contribution in [3.05, 3.63) is 35.7 Å². The Bertz CT molecular complexity index is 483. The van der Waals surface area contributed by atoms with Gasteiger partial charge in [0.15, 0.2) is 0 Å². The summed E-state index contributed by atoms with van der Waals surface area (Å²) in [5.74, 6) is 0. The van der Waals surface area contributed by atoms with Crippen LogP contribution in [0.1, 0.15) is 24.0 Å². The van der Waals surface area contributed by atoms with Gasteiger partial charge < -0.3 is 10.3 Å². The van der Waals surface area contributed by atoms with E-state index in [-0.39, 0.29) is 0 Å². The van der Waals surface area contributed by atoms with E-state index in [9.17, 15) is 0 Å². The Balaban J connectivity index is 2.13. The maximum atomic E-state index is 5.51. The maximum absolute atomic E-state index is 5.51. The van der Waals surface area contributed by atoms with E-state index in [0.29, 0.717) is 6.54 Å². The number of nitrogens with zero attached hydrogens (tertiary/aromatic N) is 4. The van der Waals surface area contributed by atoms with Crippen molar-refractivity contribution in [2.45, 2.75) is 33.4 Å². The third-order valence-electron chi connectivity index (χ3n) is 2.72. The summed E-state index contributed by atoms with van der Waals surface area (Å²) in [6.45, 7) is 6.47. The summed E-state index contributed by atoms with van der Waals surface area (Å²) in [6.07, 6.45) is 4.74. The molecular weight excluding hydrogens is 214 g/mol. The summed E-state index contributed by atoms with van der Waals surface area (Å²) < 4.78 is 4.10. The summed E-state index contributed by atoms with van der Waals surface area (Å²) in [6, 6.07) is 2.12. The molecule has 2 N–H and O–H groups in total. The monoisotopic (exact) mass is 233 g/mol. The van der Waals surface area contributed by atoms with Crippen LogP contribution in [0.2, 0.25) is 0 Å². The Morgan fingerprint density at radius 2 is 2.24 bits per heavy atom. The zero-order valence-corrected chi connectivity index (χ0v) is 10.4. The molecule has 0 unspecified atom stereocenters. The second-order valence-corrected chi connectivity index (χ2v) is 4.17. The molecule has 0 spiro atoms. The molecule has 0 aliphatic carbocycles. The van der Waals surface area contributed by atoms with Crippen molar-refractivity contribution in [2.75, 3.05) is 6.54 Å². The van der Waals surface area contributed by atoms with Crippen LogP contribution in [0, 0.1) is 6.92 Å². The van der Waals surface area contributed by atoms with Gasteiger partial charge in [0, 0.05) is 19.2 Å². The molecule has 5 nitrogen and oxygen atoms in total. The molecule has 2 aromatic heterocycles. The molecule has 0 amide bonds. The van der Waals surface area contributed by atoms with Gasteiger partial charge in [0.05, 0.1) is 30.0 Å². The van der Waals surface area contributed by atoms with Crippen LogP contribution < -0.4 is 5.73 Å². The Morgan fingerprint density at radius 3 is 2.94 bits per heavy atom. The Hall–Kier alpha value is -1.62. The van der Waals surface area contributed by atoms with Crippen molar-refractivity contribution in [3.8, 4) is 0 Å². The quantitative estimate of drug-likeness (QED) is 0.836. The van der Waals surface area contributed by atoms with Gasteiger partial charge in [-0.25, -0.2) is 4.98 Å². The molecule has 0 bridgehead atoms. The molecule has 5 heteroatoms. The second-order valence-electron chi connectivity index (χ2n) is 4.17. The normalized spacial score (nSPS) is 11.0. The van der Waals surface area contributed by atoms with Gasteiger partial charge in [0.25, 0.3) is 0 Å². The van der Waals surface area contributed by atoms with Crippen LogP contribution in [0.3, 0.4) is 0 Å². The molecule has 17 heavy (non-hydrogen) atoms. The lowest BCUT2D eigenvalue weighted by Gasteiger charge is -2.04. The van der Waals surface area contributed by atoms with Crippen LogP contribution in [0.25, 0.3) is 0 Å². The zero-order chi connectivity index (χ0) is 12.3. The van der Waals surface area contributed by atoms with E-state index in [1.165, 1.54) is 5.69 Å². The van der Waals surface area contributed by atoms with Crippen LogP contribution >= 0.6 is 0 Å². The van der Waals surface area contributed by atoms with E-state index in [4.69, 9.17) is 5.73 Å². The third kappa shape index (κ3) is 2.74. The number of rotatable bonds is 5. The van der Waals surface area contributed by atoms with Crippen LogP contribution in [-0.4, -0.2) is 25.9 Å². The summed E-state index contributed by atoms with van der Waals surface area (Å²) in [7, 11) is 0. The lowest BCUT2D eigenvalue weighted by Crippen LogP contribution is -2.07. The Labute approximate surface area is 101 Å².